The maximum atomic E-state index is 13.7. The minimum Gasteiger partial charge on any atom is -0.380 e. The highest BCUT2D eigenvalue weighted by Crippen LogP contribution is 2.33. The Morgan fingerprint density at radius 1 is 1.00 bits per heavy atom. The highest BCUT2D eigenvalue weighted by atomic mass is 79.9. The van der Waals surface area contributed by atoms with Crippen LogP contribution < -0.4 is 0 Å². The molecular formula is C14H11BrF2O. The van der Waals surface area contributed by atoms with E-state index < -0.39 is 17.2 Å². The van der Waals surface area contributed by atoms with Crippen LogP contribution in [-0.4, -0.2) is 5.11 Å². The average molecular weight is 313 g/mol. The Morgan fingerprint density at radius 2 is 1.50 bits per heavy atom. The summed E-state index contributed by atoms with van der Waals surface area (Å²) in [6, 6.07) is 10.2. The lowest BCUT2D eigenvalue weighted by molar-refractivity contribution is 0.0934. The molecule has 0 bridgehead atoms. The number of rotatable bonds is 2. The van der Waals surface area contributed by atoms with E-state index in [1.54, 1.807) is 24.3 Å². The summed E-state index contributed by atoms with van der Waals surface area (Å²) in [7, 11) is 0. The molecule has 94 valence electrons. The molecule has 2 rings (SSSR count). The van der Waals surface area contributed by atoms with Gasteiger partial charge >= 0.3 is 0 Å². The smallest absolute Gasteiger partial charge is 0.132 e. The molecule has 0 saturated heterocycles. The van der Waals surface area contributed by atoms with Crippen molar-refractivity contribution in [2.75, 3.05) is 0 Å². The van der Waals surface area contributed by atoms with E-state index in [4.69, 9.17) is 0 Å². The van der Waals surface area contributed by atoms with Crippen LogP contribution in [0.1, 0.15) is 18.1 Å². The van der Waals surface area contributed by atoms with Crippen molar-refractivity contribution in [1.29, 1.82) is 0 Å². The zero-order chi connectivity index (χ0) is 13.3. The molecule has 0 aliphatic carbocycles. The van der Waals surface area contributed by atoms with E-state index in [9.17, 15) is 13.9 Å². The molecular weight excluding hydrogens is 302 g/mol. The SMILES string of the molecule is CC(O)(c1ccc(Br)cc1)c1c(F)cccc1F. The molecule has 0 heterocycles. The molecule has 0 saturated carbocycles. The zero-order valence-corrected chi connectivity index (χ0v) is 11.2. The molecule has 2 aromatic carbocycles. The first-order valence-corrected chi connectivity index (χ1v) is 6.15. The zero-order valence-electron chi connectivity index (χ0n) is 9.62. The van der Waals surface area contributed by atoms with Gasteiger partial charge in [0.15, 0.2) is 0 Å². The summed E-state index contributed by atoms with van der Waals surface area (Å²) in [5.74, 6) is -1.52. The molecule has 4 heteroatoms. The van der Waals surface area contributed by atoms with Gasteiger partial charge in [-0.15, -0.1) is 0 Å². The van der Waals surface area contributed by atoms with Gasteiger partial charge in [0.25, 0.3) is 0 Å². The van der Waals surface area contributed by atoms with Crippen molar-refractivity contribution in [1.82, 2.24) is 0 Å². The third-order valence-corrected chi connectivity index (χ3v) is 3.38. The van der Waals surface area contributed by atoms with E-state index in [1.165, 1.54) is 13.0 Å². The first-order chi connectivity index (χ1) is 8.43. The molecule has 0 aliphatic heterocycles. The lowest BCUT2D eigenvalue weighted by atomic mass is 9.87. The molecule has 2 aromatic rings. The molecule has 0 spiro atoms. The van der Waals surface area contributed by atoms with Crippen molar-refractivity contribution >= 4 is 15.9 Å². The summed E-state index contributed by atoms with van der Waals surface area (Å²) < 4.78 is 28.2. The minimum atomic E-state index is -1.71. The summed E-state index contributed by atoms with van der Waals surface area (Å²) in [4.78, 5) is 0. The van der Waals surface area contributed by atoms with E-state index >= 15 is 0 Å². The van der Waals surface area contributed by atoms with Gasteiger partial charge in [0.05, 0.1) is 5.56 Å². The fourth-order valence-electron chi connectivity index (χ4n) is 1.88. The third-order valence-electron chi connectivity index (χ3n) is 2.86. The molecule has 18 heavy (non-hydrogen) atoms. The second kappa shape index (κ2) is 4.78. The van der Waals surface area contributed by atoms with Gasteiger partial charge in [0, 0.05) is 4.47 Å². The van der Waals surface area contributed by atoms with Crippen LogP contribution in [0.3, 0.4) is 0 Å². The molecule has 1 N–H and O–H groups in total. The molecule has 1 atom stereocenters. The Balaban J connectivity index is 2.57. The van der Waals surface area contributed by atoms with Crippen LogP contribution in [0, 0.1) is 11.6 Å². The van der Waals surface area contributed by atoms with E-state index in [-0.39, 0.29) is 5.56 Å². The fourth-order valence-corrected chi connectivity index (χ4v) is 2.15. The first-order valence-electron chi connectivity index (χ1n) is 5.36. The van der Waals surface area contributed by atoms with Crippen LogP contribution in [0.5, 0.6) is 0 Å². The van der Waals surface area contributed by atoms with Gasteiger partial charge in [-0.1, -0.05) is 34.1 Å². The van der Waals surface area contributed by atoms with Crippen molar-refractivity contribution in [2.45, 2.75) is 12.5 Å². The molecule has 0 amide bonds. The summed E-state index contributed by atoms with van der Waals surface area (Å²) in [5.41, 5.74) is -1.63. The molecule has 0 radical (unpaired) electrons. The second-order valence-electron chi connectivity index (χ2n) is 4.18. The van der Waals surface area contributed by atoms with Crippen molar-refractivity contribution in [2.24, 2.45) is 0 Å². The molecule has 1 nitrogen and oxygen atoms in total. The Labute approximate surface area is 112 Å². The minimum absolute atomic E-state index is 0.340. The summed E-state index contributed by atoms with van der Waals surface area (Å²) >= 11 is 3.27. The topological polar surface area (TPSA) is 20.2 Å². The van der Waals surface area contributed by atoms with Gasteiger partial charge in [-0.3, -0.25) is 0 Å². The lowest BCUT2D eigenvalue weighted by Gasteiger charge is -2.25. The summed E-state index contributed by atoms with van der Waals surface area (Å²) in [6.45, 7) is 1.37. The van der Waals surface area contributed by atoms with Crippen LogP contribution >= 0.6 is 15.9 Å². The largest absolute Gasteiger partial charge is 0.380 e. The molecule has 0 aromatic heterocycles. The fraction of sp³-hybridized carbons (Fsp3) is 0.143. The predicted octanol–water partition coefficient (Wildman–Crippen LogP) is 3.98. The summed E-state index contributed by atoms with van der Waals surface area (Å²) in [5, 5.41) is 10.4. The Morgan fingerprint density at radius 3 is 2.00 bits per heavy atom. The maximum absolute atomic E-state index is 13.7. The Bertz CT molecular complexity index is 544. The monoisotopic (exact) mass is 312 g/mol. The van der Waals surface area contributed by atoms with Crippen LogP contribution in [0.2, 0.25) is 0 Å². The quantitative estimate of drug-likeness (QED) is 0.889. The molecule has 1 unspecified atom stereocenters. The highest BCUT2D eigenvalue weighted by Gasteiger charge is 2.31. The normalized spacial score (nSPS) is 14.3. The van der Waals surface area contributed by atoms with E-state index in [1.807, 2.05) is 0 Å². The van der Waals surface area contributed by atoms with Crippen molar-refractivity contribution in [3.8, 4) is 0 Å². The van der Waals surface area contributed by atoms with Gasteiger partial charge in [0.1, 0.15) is 17.2 Å². The van der Waals surface area contributed by atoms with Gasteiger partial charge in [0.2, 0.25) is 0 Å². The highest BCUT2D eigenvalue weighted by molar-refractivity contribution is 9.10. The number of halogens is 3. The van der Waals surface area contributed by atoms with Crippen molar-refractivity contribution in [3.63, 3.8) is 0 Å². The number of benzene rings is 2. The van der Waals surface area contributed by atoms with Crippen molar-refractivity contribution in [3.05, 3.63) is 69.7 Å². The maximum Gasteiger partial charge on any atom is 0.132 e. The lowest BCUT2D eigenvalue weighted by Crippen LogP contribution is -2.25. The first kappa shape index (κ1) is 13.2. The van der Waals surface area contributed by atoms with Gasteiger partial charge in [-0.2, -0.15) is 0 Å². The van der Waals surface area contributed by atoms with E-state index in [2.05, 4.69) is 15.9 Å². The average Bonchev–Trinajstić information content (AvgIpc) is 2.29. The third kappa shape index (κ3) is 2.31. The Hall–Kier alpha value is -1.26. The molecule has 0 fully saturated rings. The van der Waals surface area contributed by atoms with Crippen LogP contribution in [0.15, 0.2) is 46.9 Å². The predicted molar refractivity (Wildman–Crippen MR) is 69.2 cm³/mol. The number of aliphatic hydroxyl groups is 1. The Kier molecular flexibility index (Phi) is 3.50. The molecule has 0 aliphatic rings. The van der Waals surface area contributed by atoms with Gasteiger partial charge < -0.3 is 5.11 Å². The van der Waals surface area contributed by atoms with Gasteiger partial charge in [-0.25, -0.2) is 8.78 Å². The second-order valence-corrected chi connectivity index (χ2v) is 5.09. The van der Waals surface area contributed by atoms with Crippen LogP contribution in [0.25, 0.3) is 0 Å². The van der Waals surface area contributed by atoms with E-state index in [0.717, 1.165) is 16.6 Å². The standard InChI is InChI=1S/C14H11BrF2O/c1-14(18,9-5-7-10(15)8-6-9)13-11(16)3-2-4-12(13)17/h2-8,18H,1H3. The summed E-state index contributed by atoms with van der Waals surface area (Å²) in [6.07, 6.45) is 0. The van der Waals surface area contributed by atoms with Crippen LogP contribution in [0.4, 0.5) is 8.78 Å². The van der Waals surface area contributed by atoms with E-state index in [0.29, 0.717) is 5.56 Å². The van der Waals surface area contributed by atoms with Crippen LogP contribution in [-0.2, 0) is 5.60 Å². The van der Waals surface area contributed by atoms with Crippen molar-refractivity contribution < 1.29 is 13.9 Å². The van der Waals surface area contributed by atoms with Gasteiger partial charge in [-0.05, 0) is 36.8 Å². The number of hydrogen-bond donors (Lipinski definition) is 1. The number of hydrogen-bond acceptors (Lipinski definition) is 1.